The summed E-state index contributed by atoms with van der Waals surface area (Å²) >= 11 is 0. The summed E-state index contributed by atoms with van der Waals surface area (Å²) in [6.07, 6.45) is 1.26. The molecule has 0 aromatic heterocycles. The Bertz CT molecular complexity index is 408. The number of aryl methyl sites for hydroxylation is 1. The van der Waals surface area contributed by atoms with Gasteiger partial charge in [-0.1, -0.05) is 39.8 Å². The van der Waals surface area contributed by atoms with Crippen LogP contribution in [0.3, 0.4) is 0 Å². The van der Waals surface area contributed by atoms with Gasteiger partial charge in [0.25, 0.3) is 0 Å². The highest BCUT2D eigenvalue weighted by Gasteiger charge is 2.42. The largest absolute Gasteiger partial charge is 0.0587 e. The summed E-state index contributed by atoms with van der Waals surface area (Å²) < 4.78 is 0. The Morgan fingerprint density at radius 2 is 1.53 bits per heavy atom. The van der Waals surface area contributed by atoms with Crippen molar-refractivity contribution in [3.63, 3.8) is 0 Å². The highest BCUT2D eigenvalue weighted by atomic mass is 14.5. The molecule has 0 atom stereocenters. The Labute approximate surface area is 93.7 Å². The average molecular weight is 202 g/mol. The van der Waals surface area contributed by atoms with Crippen LogP contribution in [0.15, 0.2) is 12.1 Å². The number of benzene rings is 1. The van der Waals surface area contributed by atoms with Gasteiger partial charge < -0.3 is 0 Å². The lowest BCUT2D eigenvalue weighted by atomic mass is 9.81. The minimum atomic E-state index is 0.342. The van der Waals surface area contributed by atoms with Crippen LogP contribution in [0, 0.1) is 13.8 Å². The summed E-state index contributed by atoms with van der Waals surface area (Å²) in [6.45, 7) is 14.0. The van der Waals surface area contributed by atoms with Crippen LogP contribution in [-0.4, -0.2) is 0 Å². The van der Waals surface area contributed by atoms with Gasteiger partial charge in [0.1, 0.15) is 0 Å². The molecule has 0 radical (unpaired) electrons. The maximum Gasteiger partial charge on any atom is -0.00896 e. The van der Waals surface area contributed by atoms with E-state index in [1.807, 2.05) is 0 Å². The number of rotatable bonds is 0. The van der Waals surface area contributed by atoms with Gasteiger partial charge in [-0.25, -0.2) is 0 Å². The van der Waals surface area contributed by atoms with Gasteiger partial charge in [0, 0.05) is 0 Å². The van der Waals surface area contributed by atoms with Gasteiger partial charge >= 0.3 is 0 Å². The lowest BCUT2D eigenvalue weighted by molar-refractivity contribution is 0.402. The van der Waals surface area contributed by atoms with Gasteiger partial charge in [0.2, 0.25) is 0 Å². The van der Waals surface area contributed by atoms with E-state index in [2.05, 4.69) is 53.7 Å². The lowest BCUT2D eigenvalue weighted by Crippen LogP contribution is -2.18. The fourth-order valence-electron chi connectivity index (χ4n) is 3.54. The number of hydrogen-bond acceptors (Lipinski definition) is 0. The van der Waals surface area contributed by atoms with E-state index in [0.29, 0.717) is 10.8 Å². The molecule has 82 valence electrons. The lowest BCUT2D eigenvalue weighted by Gasteiger charge is -2.23. The molecular formula is C15H22. The molecule has 15 heavy (non-hydrogen) atoms. The van der Waals surface area contributed by atoms with E-state index in [9.17, 15) is 0 Å². The summed E-state index contributed by atoms with van der Waals surface area (Å²) in [5, 5.41) is 0. The maximum absolute atomic E-state index is 2.38. The quantitative estimate of drug-likeness (QED) is 0.589. The van der Waals surface area contributed by atoms with Crippen molar-refractivity contribution < 1.29 is 0 Å². The molecule has 0 fully saturated rings. The standard InChI is InChI=1S/C15H22/c1-10-7-8-12-13(11(10)2)15(5,6)9-14(12,3)4/h7-8H,9H2,1-6H3. The van der Waals surface area contributed by atoms with Gasteiger partial charge in [-0.15, -0.1) is 0 Å². The first-order valence-corrected chi connectivity index (χ1v) is 5.87. The van der Waals surface area contributed by atoms with Gasteiger partial charge in [-0.3, -0.25) is 0 Å². The predicted molar refractivity (Wildman–Crippen MR) is 66.6 cm³/mol. The molecule has 0 aliphatic heterocycles. The molecule has 0 bridgehead atoms. The van der Waals surface area contributed by atoms with Crippen molar-refractivity contribution in [3.8, 4) is 0 Å². The highest BCUT2D eigenvalue weighted by molar-refractivity contribution is 5.51. The second kappa shape index (κ2) is 2.87. The molecule has 0 heteroatoms. The van der Waals surface area contributed by atoms with Crippen molar-refractivity contribution in [2.45, 2.75) is 58.8 Å². The van der Waals surface area contributed by atoms with E-state index in [1.54, 1.807) is 11.1 Å². The fourth-order valence-corrected chi connectivity index (χ4v) is 3.54. The molecule has 0 amide bonds. The second-order valence-electron chi connectivity index (χ2n) is 6.37. The minimum Gasteiger partial charge on any atom is -0.0587 e. The highest BCUT2D eigenvalue weighted by Crippen LogP contribution is 2.50. The van der Waals surface area contributed by atoms with Gasteiger partial charge in [0.05, 0.1) is 0 Å². The fraction of sp³-hybridized carbons (Fsp3) is 0.600. The second-order valence-corrected chi connectivity index (χ2v) is 6.37. The summed E-state index contributed by atoms with van der Waals surface area (Å²) in [5.74, 6) is 0. The Kier molecular flexibility index (Phi) is 2.05. The van der Waals surface area contributed by atoms with Crippen LogP contribution >= 0.6 is 0 Å². The monoisotopic (exact) mass is 202 g/mol. The molecule has 0 saturated heterocycles. The van der Waals surface area contributed by atoms with E-state index in [1.165, 1.54) is 17.5 Å². The first kappa shape index (κ1) is 10.7. The predicted octanol–water partition coefficient (Wildman–Crippen LogP) is 4.26. The average Bonchev–Trinajstić information content (AvgIpc) is 2.24. The normalized spacial score (nSPS) is 21.5. The molecule has 2 rings (SSSR count). The molecular weight excluding hydrogens is 180 g/mol. The van der Waals surface area contributed by atoms with E-state index < -0.39 is 0 Å². The molecule has 1 aromatic carbocycles. The summed E-state index contributed by atoms with van der Waals surface area (Å²) in [6, 6.07) is 4.61. The first-order chi connectivity index (χ1) is 6.76. The van der Waals surface area contributed by atoms with Crippen LogP contribution in [-0.2, 0) is 10.8 Å². The Hall–Kier alpha value is -0.780. The van der Waals surface area contributed by atoms with Crippen molar-refractivity contribution in [1.29, 1.82) is 0 Å². The van der Waals surface area contributed by atoms with Gasteiger partial charge in [-0.05, 0) is 53.4 Å². The third kappa shape index (κ3) is 1.42. The van der Waals surface area contributed by atoms with Crippen LogP contribution in [0.5, 0.6) is 0 Å². The molecule has 0 spiro atoms. The van der Waals surface area contributed by atoms with E-state index in [-0.39, 0.29) is 0 Å². The van der Waals surface area contributed by atoms with E-state index in [0.717, 1.165) is 0 Å². The zero-order valence-corrected chi connectivity index (χ0v) is 10.9. The SMILES string of the molecule is Cc1ccc2c(c1C)C(C)(C)CC2(C)C. The minimum absolute atomic E-state index is 0.342. The van der Waals surface area contributed by atoms with Crippen LogP contribution in [0.1, 0.15) is 56.4 Å². The molecule has 1 aliphatic carbocycles. The maximum atomic E-state index is 2.38. The topological polar surface area (TPSA) is 0 Å². The van der Waals surface area contributed by atoms with E-state index >= 15 is 0 Å². The van der Waals surface area contributed by atoms with Crippen molar-refractivity contribution in [2.24, 2.45) is 0 Å². The number of hydrogen-bond donors (Lipinski definition) is 0. The Morgan fingerprint density at radius 3 is 2.13 bits per heavy atom. The summed E-state index contributed by atoms with van der Waals surface area (Å²) in [5.41, 5.74) is 6.79. The van der Waals surface area contributed by atoms with Crippen molar-refractivity contribution in [1.82, 2.24) is 0 Å². The smallest absolute Gasteiger partial charge is 0.00896 e. The molecule has 0 N–H and O–H groups in total. The Balaban J connectivity index is 2.76. The molecule has 0 saturated carbocycles. The summed E-state index contributed by atoms with van der Waals surface area (Å²) in [7, 11) is 0. The zero-order valence-electron chi connectivity index (χ0n) is 10.9. The van der Waals surface area contributed by atoms with Gasteiger partial charge in [-0.2, -0.15) is 0 Å². The molecule has 1 aromatic rings. The van der Waals surface area contributed by atoms with Crippen molar-refractivity contribution in [3.05, 3.63) is 34.4 Å². The van der Waals surface area contributed by atoms with Crippen molar-refractivity contribution >= 4 is 0 Å². The Morgan fingerprint density at radius 1 is 0.933 bits per heavy atom. The molecule has 0 unspecified atom stereocenters. The van der Waals surface area contributed by atoms with E-state index in [4.69, 9.17) is 0 Å². The van der Waals surface area contributed by atoms with Crippen LogP contribution in [0.25, 0.3) is 0 Å². The van der Waals surface area contributed by atoms with Crippen LogP contribution in [0.2, 0.25) is 0 Å². The third-order valence-electron chi connectivity index (χ3n) is 4.03. The summed E-state index contributed by atoms with van der Waals surface area (Å²) in [4.78, 5) is 0. The zero-order chi connectivity index (χ0) is 11.4. The molecule has 0 nitrogen and oxygen atoms in total. The van der Waals surface area contributed by atoms with Crippen LogP contribution < -0.4 is 0 Å². The first-order valence-electron chi connectivity index (χ1n) is 5.87. The number of fused-ring (bicyclic) bond motifs is 1. The molecule has 0 heterocycles. The van der Waals surface area contributed by atoms with Gasteiger partial charge in [0.15, 0.2) is 0 Å². The molecule has 1 aliphatic rings. The third-order valence-corrected chi connectivity index (χ3v) is 4.03. The van der Waals surface area contributed by atoms with Crippen molar-refractivity contribution in [2.75, 3.05) is 0 Å². The van der Waals surface area contributed by atoms with Crippen LogP contribution in [0.4, 0.5) is 0 Å².